The van der Waals surface area contributed by atoms with Gasteiger partial charge < -0.3 is 14.5 Å². The van der Waals surface area contributed by atoms with E-state index in [2.05, 4.69) is 22.3 Å². The molecule has 170 valence electrons. The molecule has 0 saturated carbocycles. The molecule has 2 aliphatic rings. The Morgan fingerprint density at radius 3 is 2.64 bits per heavy atom. The van der Waals surface area contributed by atoms with Gasteiger partial charge in [0.1, 0.15) is 18.3 Å². The second kappa shape index (κ2) is 9.05. The Hall–Kier alpha value is -3.68. The molecule has 1 atom stereocenters. The van der Waals surface area contributed by atoms with Gasteiger partial charge in [-0.25, -0.2) is 4.79 Å². The van der Waals surface area contributed by atoms with Crippen LogP contribution in [0.5, 0.6) is 0 Å². The molecule has 2 amide bonds. The Morgan fingerprint density at radius 2 is 1.82 bits per heavy atom. The Kier molecular flexibility index (Phi) is 5.81. The number of rotatable bonds is 5. The van der Waals surface area contributed by atoms with Crippen molar-refractivity contribution >= 4 is 12.0 Å². The number of likely N-dealkylation sites (tertiary alicyclic amines) is 1. The molecule has 1 spiro atoms. The minimum atomic E-state index is -0.507. The standard InChI is InChI=1S/C25H27N5O3/c31-23(21-8-4-9-22(16-21)30-18-26-27-19-30)28-13-5-11-25(12-15-28)17-29(24(32)33-25)14-10-20-6-2-1-3-7-20/h1-4,6-9,16,18-19H,5,10-15,17H2/t25-/m1/s1. The van der Waals surface area contributed by atoms with Crippen molar-refractivity contribution in [2.24, 2.45) is 0 Å². The first kappa shape index (κ1) is 21.2. The molecule has 1 aromatic heterocycles. The van der Waals surface area contributed by atoms with Crippen LogP contribution in [0.2, 0.25) is 0 Å². The Labute approximate surface area is 192 Å². The van der Waals surface area contributed by atoms with E-state index in [0.717, 1.165) is 24.9 Å². The molecule has 0 radical (unpaired) electrons. The van der Waals surface area contributed by atoms with Crippen LogP contribution in [0.4, 0.5) is 4.79 Å². The van der Waals surface area contributed by atoms with Crippen molar-refractivity contribution in [1.29, 1.82) is 0 Å². The lowest BCUT2D eigenvalue weighted by Gasteiger charge is -2.25. The van der Waals surface area contributed by atoms with Crippen molar-refractivity contribution in [1.82, 2.24) is 24.6 Å². The molecule has 0 bridgehead atoms. The van der Waals surface area contributed by atoms with E-state index in [1.54, 1.807) is 17.2 Å². The fourth-order valence-corrected chi connectivity index (χ4v) is 4.72. The van der Waals surface area contributed by atoms with Crippen LogP contribution in [-0.4, -0.2) is 68.3 Å². The van der Waals surface area contributed by atoms with Crippen LogP contribution in [0.25, 0.3) is 5.69 Å². The quantitative estimate of drug-likeness (QED) is 0.602. The number of carbonyl (C=O) groups excluding carboxylic acids is 2. The number of benzene rings is 2. The van der Waals surface area contributed by atoms with E-state index in [9.17, 15) is 9.59 Å². The molecule has 8 nitrogen and oxygen atoms in total. The largest absolute Gasteiger partial charge is 0.441 e. The summed E-state index contributed by atoms with van der Waals surface area (Å²) in [4.78, 5) is 29.5. The molecule has 2 aromatic carbocycles. The monoisotopic (exact) mass is 445 g/mol. The highest BCUT2D eigenvalue weighted by Crippen LogP contribution is 2.33. The molecule has 3 aromatic rings. The lowest BCUT2D eigenvalue weighted by molar-refractivity contribution is 0.0438. The third-order valence-corrected chi connectivity index (χ3v) is 6.55. The number of carbonyl (C=O) groups is 2. The first-order valence-electron chi connectivity index (χ1n) is 11.4. The molecule has 5 rings (SSSR count). The highest BCUT2D eigenvalue weighted by Gasteiger charge is 2.45. The van der Waals surface area contributed by atoms with E-state index < -0.39 is 5.60 Å². The summed E-state index contributed by atoms with van der Waals surface area (Å²) < 4.78 is 7.68. The van der Waals surface area contributed by atoms with Gasteiger partial charge in [-0.3, -0.25) is 9.36 Å². The van der Waals surface area contributed by atoms with E-state index in [1.807, 2.05) is 52.3 Å². The van der Waals surface area contributed by atoms with Gasteiger partial charge in [0.15, 0.2) is 0 Å². The number of hydrogen-bond acceptors (Lipinski definition) is 5. The topological polar surface area (TPSA) is 80.6 Å². The first-order chi connectivity index (χ1) is 16.1. The van der Waals surface area contributed by atoms with Crippen molar-refractivity contribution in [2.75, 3.05) is 26.2 Å². The summed E-state index contributed by atoms with van der Waals surface area (Å²) in [7, 11) is 0. The fraction of sp³-hybridized carbons (Fsp3) is 0.360. The van der Waals surface area contributed by atoms with E-state index in [4.69, 9.17) is 4.74 Å². The van der Waals surface area contributed by atoms with Crippen LogP contribution in [0.3, 0.4) is 0 Å². The van der Waals surface area contributed by atoms with E-state index in [-0.39, 0.29) is 12.0 Å². The van der Waals surface area contributed by atoms with Gasteiger partial charge in [0, 0.05) is 37.3 Å². The second-order valence-electron chi connectivity index (χ2n) is 8.77. The van der Waals surface area contributed by atoms with Crippen molar-refractivity contribution < 1.29 is 14.3 Å². The average Bonchev–Trinajstić information content (AvgIpc) is 3.43. The van der Waals surface area contributed by atoms with Crippen LogP contribution < -0.4 is 0 Å². The summed E-state index contributed by atoms with van der Waals surface area (Å²) in [5.74, 6) is -0.00719. The summed E-state index contributed by atoms with van der Waals surface area (Å²) >= 11 is 0. The van der Waals surface area contributed by atoms with E-state index in [1.165, 1.54) is 5.56 Å². The van der Waals surface area contributed by atoms with Gasteiger partial charge in [0.25, 0.3) is 5.91 Å². The summed E-state index contributed by atoms with van der Waals surface area (Å²) in [6, 6.07) is 17.6. The smallest absolute Gasteiger partial charge is 0.410 e. The lowest BCUT2D eigenvalue weighted by Crippen LogP contribution is -2.37. The number of hydrogen-bond donors (Lipinski definition) is 0. The Bertz CT molecular complexity index is 1120. The molecule has 8 heteroatoms. The van der Waals surface area contributed by atoms with E-state index >= 15 is 0 Å². The Balaban J connectivity index is 1.22. The maximum absolute atomic E-state index is 13.2. The third-order valence-electron chi connectivity index (χ3n) is 6.55. The van der Waals surface area contributed by atoms with Crippen molar-refractivity contribution in [3.8, 4) is 5.69 Å². The molecule has 2 fully saturated rings. The number of amides is 2. The van der Waals surface area contributed by atoms with Gasteiger partial charge in [-0.1, -0.05) is 36.4 Å². The van der Waals surface area contributed by atoms with Crippen LogP contribution in [0, 0.1) is 0 Å². The number of aromatic nitrogens is 3. The van der Waals surface area contributed by atoms with Crippen molar-refractivity contribution in [3.63, 3.8) is 0 Å². The molecule has 0 N–H and O–H groups in total. The maximum atomic E-state index is 13.2. The SMILES string of the molecule is O=C1O[C@@]2(CCCN(C(=O)c3cccc(-n4cnnc4)c3)CC2)CN1CCc1ccccc1. The zero-order chi connectivity index (χ0) is 22.7. The summed E-state index contributed by atoms with van der Waals surface area (Å²) in [5, 5.41) is 7.66. The van der Waals surface area contributed by atoms with Crippen LogP contribution >= 0.6 is 0 Å². The van der Waals surface area contributed by atoms with Gasteiger partial charge >= 0.3 is 6.09 Å². The van der Waals surface area contributed by atoms with Crippen molar-refractivity contribution in [3.05, 3.63) is 78.4 Å². The van der Waals surface area contributed by atoms with Crippen LogP contribution in [0.1, 0.15) is 35.2 Å². The first-order valence-corrected chi connectivity index (χ1v) is 11.4. The average molecular weight is 446 g/mol. The molecule has 2 saturated heterocycles. The lowest BCUT2D eigenvalue weighted by atomic mass is 9.95. The molecule has 2 aliphatic heterocycles. The normalized spacial score (nSPS) is 20.7. The number of ether oxygens (including phenoxy) is 1. The van der Waals surface area contributed by atoms with Gasteiger partial charge in [-0.05, 0) is 43.0 Å². The van der Waals surface area contributed by atoms with Crippen LogP contribution in [-0.2, 0) is 11.2 Å². The highest BCUT2D eigenvalue weighted by atomic mass is 16.6. The minimum Gasteiger partial charge on any atom is -0.441 e. The molecule has 3 heterocycles. The minimum absolute atomic E-state index is 0.00719. The predicted molar refractivity (Wildman–Crippen MR) is 122 cm³/mol. The molecule has 33 heavy (non-hydrogen) atoms. The van der Waals surface area contributed by atoms with Gasteiger partial charge in [-0.2, -0.15) is 0 Å². The number of nitrogens with zero attached hydrogens (tertiary/aromatic N) is 5. The van der Waals surface area contributed by atoms with Gasteiger partial charge in [0.05, 0.1) is 6.54 Å². The summed E-state index contributed by atoms with van der Waals surface area (Å²) in [6.45, 7) is 2.45. The molecule has 0 aliphatic carbocycles. The van der Waals surface area contributed by atoms with Gasteiger partial charge in [-0.15, -0.1) is 10.2 Å². The fourth-order valence-electron chi connectivity index (χ4n) is 4.72. The summed E-state index contributed by atoms with van der Waals surface area (Å²) in [6.07, 6.45) is 6.00. The zero-order valence-electron chi connectivity index (χ0n) is 18.5. The highest BCUT2D eigenvalue weighted by molar-refractivity contribution is 5.94. The molecular formula is C25H27N5O3. The van der Waals surface area contributed by atoms with Crippen molar-refractivity contribution in [2.45, 2.75) is 31.3 Å². The zero-order valence-corrected chi connectivity index (χ0v) is 18.5. The summed E-state index contributed by atoms with van der Waals surface area (Å²) in [5.41, 5.74) is 2.17. The van der Waals surface area contributed by atoms with Gasteiger partial charge in [0.2, 0.25) is 0 Å². The maximum Gasteiger partial charge on any atom is 0.410 e. The van der Waals surface area contributed by atoms with Crippen LogP contribution in [0.15, 0.2) is 67.3 Å². The predicted octanol–water partition coefficient (Wildman–Crippen LogP) is 3.33. The molecular weight excluding hydrogens is 418 g/mol. The third kappa shape index (κ3) is 4.60. The Morgan fingerprint density at radius 1 is 1.00 bits per heavy atom. The second-order valence-corrected chi connectivity index (χ2v) is 8.77. The molecule has 0 unspecified atom stereocenters. The van der Waals surface area contributed by atoms with E-state index in [0.29, 0.717) is 38.2 Å².